The number of nitro groups is 1. The lowest BCUT2D eigenvalue weighted by Crippen LogP contribution is -2.01. The summed E-state index contributed by atoms with van der Waals surface area (Å²) in [5, 5.41) is 10.6. The highest BCUT2D eigenvalue weighted by Crippen LogP contribution is 2.29. The summed E-state index contributed by atoms with van der Waals surface area (Å²) in [4.78, 5) is 19.7. The highest BCUT2D eigenvalue weighted by Gasteiger charge is 2.25. The smallest absolute Gasteiger partial charge is 0.290 e. The third-order valence-electron chi connectivity index (χ3n) is 1.93. The van der Waals surface area contributed by atoms with Crippen LogP contribution in [0.2, 0.25) is 0 Å². The zero-order chi connectivity index (χ0) is 12.5. The van der Waals surface area contributed by atoms with Crippen molar-refractivity contribution in [3.8, 4) is 0 Å². The first-order valence-electron chi connectivity index (χ1n) is 3.96. The Hall–Kier alpha value is -1.47. The van der Waals surface area contributed by atoms with Crippen LogP contribution in [-0.2, 0) is 9.05 Å². The molecule has 0 unspecified atom stereocenters. The van der Waals surface area contributed by atoms with Gasteiger partial charge in [-0.25, -0.2) is 8.42 Å². The molecule has 0 bridgehead atoms. The third-order valence-corrected chi connectivity index (χ3v) is 3.29. The van der Waals surface area contributed by atoms with Gasteiger partial charge in [-0.1, -0.05) is 0 Å². The minimum absolute atomic E-state index is 0.0516. The first-order valence-corrected chi connectivity index (χ1v) is 6.27. The Morgan fingerprint density at radius 3 is 2.38 bits per heavy atom. The van der Waals surface area contributed by atoms with Gasteiger partial charge in [-0.05, 0) is 18.6 Å². The van der Waals surface area contributed by atoms with Gasteiger partial charge in [-0.2, -0.15) is 0 Å². The van der Waals surface area contributed by atoms with Crippen LogP contribution >= 0.6 is 10.7 Å². The molecule has 1 aromatic rings. The van der Waals surface area contributed by atoms with Gasteiger partial charge in [0.2, 0.25) is 0 Å². The van der Waals surface area contributed by atoms with E-state index in [-0.39, 0.29) is 5.56 Å². The van der Waals surface area contributed by atoms with Crippen molar-refractivity contribution >= 4 is 31.7 Å². The van der Waals surface area contributed by atoms with E-state index in [9.17, 15) is 23.3 Å². The van der Waals surface area contributed by atoms with Crippen LogP contribution in [0.25, 0.3) is 0 Å². The number of carbonyl (C=O) groups excluding carboxylic acids is 1. The molecule has 0 saturated heterocycles. The number of carbonyl (C=O) groups is 1. The summed E-state index contributed by atoms with van der Waals surface area (Å²) < 4.78 is 22.2. The van der Waals surface area contributed by atoms with Crippen LogP contribution in [0.3, 0.4) is 0 Å². The maximum absolute atomic E-state index is 11.1. The SMILES string of the molecule is Cc1cc(S(=O)(=O)Cl)c([N+](=O)[O-])cc1C=O. The van der Waals surface area contributed by atoms with Crippen LogP contribution in [0.4, 0.5) is 5.69 Å². The van der Waals surface area contributed by atoms with Gasteiger partial charge in [0.1, 0.15) is 0 Å². The van der Waals surface area contributed by atoms with Crippen molar-refractivity contribution in [2.24, 2.45) is 0 Å². The van der Waals surface area contributed by atoms with Gasteiger partial charge in [0.05, 0.1) is 4.92 Å². The fourth-order valence-corrected chi connectivity index (χ4v) is 2.22. The minimum atomic E-state index is -4.21. The highest BCUT2D eigenvalue weighted by atomic mass is 35.7. The van der Waals surface area contributed by atoms with Crippen molar-refractivity contribution in [2.45, 2.75) is 11.8 Å². The molecule has 86 valence electrons. The van der Waals surface area contributed by atoms with E-state index in [1.54, 1.807) is 0 Å². The lowest BCUT2D eigenvalue weighted by atomic mass is 10.1. The van der Waals surface area contributed by atoms with Crippen molar-refractivity contribution < 1.29 is 18.1 Å². The Morgan fingerprint density at radius 2 is 2.00 bits per heavy atom. The Balaban J connectivity index is 3.68. The van der Waals surface area contributed by atoms with Crippen LogP contribution in [0.15, 0.2) is 17.0 Å². The standard InChI is InChI=1S/C8H6ClNO5S/c1-5-2-8(16(9,14)15)7(10(12)13)3-6(5)4-11/h2-4H,1H3. The summed E-state index contributed by atoms with van der Waals surface area (Å²) in [7, 11) is 0.843. The van der Waals surface area contributed by atoms with E-state index in [0.29, 0.717) is 11.8 Å². The second kappa shape index (κ2) is 4.18. The molecular formula is C8H6ClNO5S. The minimum Gasteiger partial charge on any atom is -0.298 e. The largest absolute Gasteiger partial charge is 0.298 e. The van der Waals surface area contributed by atoms with E-state index >= 15 is 0 Å². The van der Waals surface area contributed by atoms with Crippen LogP contribution < -0.4 is 0 Å². The molecule has 8 heteroatoms. The second-order valence-electron chi connectivity index (χ2n) is 2.99. The van der Waals surface area contributed by atoms with Gasteiger partial charge in [0.25, 0.3) is 14.7 Å². The van der Waals surface area contributed by atoms with E-state index < -0.39 is 24.6 Å². The van der Waals surface area contributed by atoms with Gasteiger partial charge in [-0.3, -0.25) is 14.9 Å². The zero-order valence-corrected chi connectivity index (χ0v) is 9.58. The van der Waals surface area contributed by atoms with Crippen LogP contribution in [0.1, 0.15) is 15.9 Å². The van der Waals surface area contributed by atoms with Crippen LogP contribution in [0, 0.1) is 17.0 Å². The summed E-state index contributed by atoms with van der Waals surface area (Å²) in [5.41, 5.74) is -0.349. The topological polar surface area (TPSA) is 94.3 Å². The molecule has 0 saturated carbocycles. The Morgan fingerprint density at radius 1 is 1.44 bits per heavy atom. The Kier molecular flexibility index (Phi) is 3.30. The summed E-state index contributed by atoms with van der Waals surface area (Å²) in [6.45, 7) is 1.46. The number of aryl methyl sites for hydroxylation is 1. The van der Waals surface area contributed by atoms with E-state index in [2.05, 4.69) is 0 Å². The third kappa shape index (κ3) is 2.37. The number of hydrogen-bond acceptors (Lipinski definition) is 5. The zero-order valence-electron chi connectivity index (χ0n) is 8.01. The number of nitrogens with zero attached hydrogens (tertiary/aromatic N) is 1. The maximum atomic E-state index is 11.1. The van der Waals surface area contributed by atoms with E-state index in [0.717, 1.165) is 12.1 Å². The van der Waals surface area contributed by atoms with Gasteiger partial charge >= 0.3 is 0 Å². The average molecular weight is 264 g/mol. The molecule has 0 aliphatic carbocycles. The molecule has 0 aromatic heterocycles. The lowest BCUT2D eigenvalue weighted by Gasteiger charge is -2.03. The first-order chi connectivity index (χ1) is 7.27. The molecule has 0 radical (unpaired) electrons. The van der Waals surface area contributed by atoms with Crippen LogP contribution in [0.5, 0.6) is 0 Å². The molecule has 0 amide bonds. The molecule has 0 aliphatic rings. The van der Waals surface area contributed by atoms with Gasteiger partial charge < -0.3 is 0 Å². The molecule has 0 heterocycles. The second-order valence-corrected chi connectivity index (χ2v) is 5.52. The highest BCUT2D eigenvalue weighted by molar-refractivity contribution is 8.13. The normalized spacial score (nSPS) is 11.1. The van der Waals surface area contributed by atoms with Crippen molar-refractivity contribution in [3.63, 3.8) is 0 Å². The molecule has 0 atom stereocenters. The van der Waals surface area contributed by atoms with Crippen molar-refractivity contribution in [3.05, 3.63) is 33.4 Å². The predicted octanol–water partition coefficient (Wildman–Crippen LogP) is 1.64. The maximum Gasteiger partial charge on any atom is 0.290 e. The van der Waals surface area contributed by atoms with Crippen molar-refractivity contribution in [2.75, 3.05) is 0 Å². The summed E-state index contributed by atoms with van der Waals surface area (Å²) >= 11 is 0. The van der Waals surface area contributed by atoms with E-state index in [1.165, 1.54) is 6.92 Å². The molecule has 0 spiro atoms. The van der Waals surface area contributed by atoms with Gasteiger partial charge in [-0.15, -0.1) is 0 Å². The number of halogens is 1. The number of aldehydes is 1. The van der Waals surface area contributed by atoms with Crippen molar-refractivity contribution in [1.29, 1.82) is 0 Å². The number of hydrogen-bond donors (Lipinski definition) is 0. The number of rotatable bonds is 3. The van der Waals surface area contributed by atoms with E-state index in [1.807, 2.05) is 0 Å². The molecule has 0 N–H and O–H groups in total. The molecule has 1 aromatic carbocycles. The quantitative estimate of drug-likeness (QED) is 0.358. The predicted molar refractivity (Wildman–Crippen MR) is 56.3 cm³/mol. The first kappa shape index (κ1) is 12.6. The molecule has 0 aliphatic heterocycles. The molecule has 6 nitrogen and oxygen atoms in total. The molecular weight excluding hydrogens is 258 g/mol. The molecule has 1 rings (SSSR count). The monoisotopic (exact) mass is 263 g/mol. The fourth-order valence-electron chi connectivity index (χ4n) is 1.15. The Bertz CT molecular complexity index is 566. The number of nitro benzene ring substituents is 1. The number of benzene rings is 1. The molecule has 16 heavy (non-hydrogen) atoms. The average Bonchev–Trinajstić information content (AvgIpc) is 2.15. The lowest BCUT2D eigenvalue weighted by molar-refractivity contribution is -0.387. The van der Waals surface area contributed by atoms with Crippen molar-refractivity contribution in [1.82, 2.24) is 0 Å². The Labute approximate surface area is 95.4 Å². The van der Waals surface area contributed by atoms with Gasteiger partial charge in [0, 0.05) is 22.3 Å². The summed E-state index contributed by atoms with van der Waals surface area (Å²) in [5.74, 6) is 0. The summed E-state index contributed by atoms with van der Waals surface area (Å²) in [6, 6.07) is 1.89. The summed E-state index contributed by atoms with van der Waals surface area (Å²) in [6.07, 6.45) is 0.410. The fraction of sp³-hybridized carbons (Fsp3) is 0.125. The van der Waals surface area contributed by atoms with Gasteiger partial charge in [0.15, 0.2) is 11.2 Å². The van der Waals surface area contributed by atoms with Crippen LogP contribution in [-0.4, -0.2) is 19.6 Å². The van der Waals surface area contributed by atoms with E-state index in [4.69, 9.17) is 10.7 Å². The molecule has 0 fully saturated rings.